The lowest BCUT2D eigenvalue weighted by atomic mass is 10.0. The third-order valence-electron chi connectivity index (χ3n) is 5.91. The Morgan fingerprint density at radius 2 is 1.26 bits per heavy atom. The maximum Gasteiger partial charge on any atom is 0.222 e. The lowest BCUT2D eigenvalue weighted by Crippen LogP contribution is -2.45. The van der Waals surface area contributed by atoms with Gasteiger partial charge in [0.2, 0.25) is 5.91 Å². The summed E-state index contributed by atoms with van der Waals surface area (Å²) in [7, 11) is 0. The largest absolute Gasteiger partial charge is 0.394 e. The third-order valence-corrected chi connectivity index (χ3v) is 5.91. The van der Waals surface area contributed by atoms with Crippen molar-refractivity contribution in [3.05, 3.63) is 36.5 Å². The van der Waals surface area contributed by atoms with E-state index in [1.807, 2.05) is 6.08 Å². The highest BCUT2D eigenvalue weighted by Gasteiger charge is 2.19. The fourth-order valence-corrected chi connectivity index (χ4v) is 3.71. The highest BCUT2D eigenvalue weighted by molar-refractivity contribution is 5.76. The number of nitrogens with one attached hydrogen (secondary N) is 1. The van der Waals surface area contributed by atoms with Gasteiger partial charge in [0, 0.05) is 0 Å². The van der Waals surface area contributed by atoms with Gasteiger partial charge < -0.3 is 20.6 Å². The summed E-state index contributed by atoms with van der Waals surface area (Å²) in [6.07, 6.45) is 27.0. The number of hydrogen-bond acceptors (Lipinski definition) is 4. The van der Waals surface area contributed by atoms with Crippen molar-refractivity contribution < 1.29 is 20.1 Å². The number of hydrogen-bond donors (Lipinski definition) is 4. The molecule has 5 heteroatoms. The number of allylic oxidation sites excluding steroid dienone is 5. The summed E-state index contributed by atoms with van der Waals surface area (Å²) in [5.74, 6) is -0.339. The Hall–Kier alpha value is -1.43. The van der Waals surface area contributed by atoms with Crippen LogP contribution < -0.4 is 5.32 Å². The van der Waals surface area contributed by atoms with Gasteiger partial charge in [0.25, 0.3) is 0 Å². The molecule has 0 heterocycles. The van der Waals surface area contributed by atoms with E-state index in [9.17, 15) is 20.1 Å². The molecule has 0 bridgehead atoms. The van der Waals surface area contributed by atoms with Crippen molar-refractivity contribution in [3.63, 3.8) is 0 Å². The molecule has 0 aliphatic carbocycles. The number of carbonyl (C=O) groups excluding carboxylic acids is 1. The maximum absolute atomic E-state index is 12.2. The van der Waals surface area contributed by atoms with Gasteiger partial charge in [-0.15, -0.1) is 0 Å². The second kappa shape index (κ2) is 24.7. The van der Waals surface area contributed by atoms with Gasteiger partial charge in [-0.1, -0.05) is 108 Å². The minimum atomic E-state index is -0.952. The third kappa shape index (κ3) is 21.1. The average molecular weight is 480 g/mol. The van der Waals surface area contributed by atoms with Crippen LogP contribution in [0.1, 0.15) is 117 Å². The van der Waals surface area contributed by atoms with Crippen molar-refractivity contribution in [3.8, 4) is 0 Å². The Balaban J connectivity index is 3.98. The first-order valence-electron chi connectivity index (χ1n) is 13.8. The zero-order chi connectivity index (χ0) is 25.3. The molecule has 3 atom stereocenters. The number of carbonyl (C=O) groups is 1. The number of amides is 1. The van der Waals surface area contributed by atoms with Crippen molar-refractivity contribution >= 4 is 5.91 Å². The summed E-state index contributed by atoms with van der Waals surface area (Å²) in [5.41, 5.74) is 0. The topological polar surface area (TPSA) is 89.8 Å². The fourth-order valence-electron chi connectivity index (χ4n) is 3.71. The standard InChI is InChI=1S/C29H53NO4/c1-3-5-7-9-11-12-13-14-15-17-19-21-23-28(33)27(25-31)30-29(34)24-26(32)22-20-18-16-10-8-6-4-2/h9,11,14-15,21,23,26-28,31-33H,3-8,10,12-13,16-20,22,24-25H2,1-2H3,(H,30,34)/b11-9+,15-14+,23-21+. The van der Waals surface area contributed by atoms with Crippen LogP contribution in [0.5, 0.6) is 0 Å². The lowest BCUT2D eigenvalue weighted by Gasteiger charge is -2.20. The van der Waals surface area contributed by atoms with Gasteiger partial charge in [0.05, 0.1) is 31.3 Å². The van der Waals surface area contributed by atoms with Gasteiger partial charge in [-0.2, -0.15) is 0 Å². The molecule has 34 heavy (non-hydrogen) atoms. The molecule has 0 aromatic heterocycles. The average Bonchev–Trinajstić information content (AvgIpc) is 2.82. The molecule has 5 nitrogen and oxygen atoms in total. The summed E-state index contributed by atoms with van der Waals surface area (Å²) < 4.78 is 0. The van der Waals surface area contributed by atoms with Gasteiger partial charge in [0.15, 0.2) is 0 Å². The van der Waals surface area contributed by atoms with Crippen LogP contribution in [0.2, 0.25) is 0 Å². The van der Waals surface area contributed by atoms with E-state index in [0.29, 0.717) is 6.42 Å². The van der Waals surface area contributed by atoms with Crippen molar-refractivity contribution in [2.75, 3.05) is 6.61 Å². The Morgan fingerprint density at radius 3 is 1.85 bits per heavy atom. The highest BCUT2D eigenvalue weighted by Crippen LogP contribution is 2.11. The molecule has 0 spiro atoms. The van der Waals surface area contributed by atoms with Crippen LogP contribution in [0, 0.1) is 0 Å². The fraction of sp³-hybridized carbons (Fsp3) is 0.759. The van der Waals surface area contributed by atoms with E-state index >= 15 is 0 Å². The SMILES string of the molecule is CCCC/C=C/CC/C=C/CC/C=C/C(O)C(CO)NC(=O)CC(O)CCCCCCCCC. The zero-order valence-corrected chi connectivity index (χ0v) is 22.0. The lowest BCUT2D eigenvalue weighted by molar-refractivity contribution is -0.124. The maximum atomic E-state index is 12.2. The van der Waals surface area contributed by atoms with Crippen LogP contribution in [-0.4, -0.2) is 46.1 Å². The summed E-state index contributed by atoms with van der Waals surface area (Å²) >= 11 is 0. The molecular formula is C29H53NO4. The summed E-state index contributed by atoms with van der Waals surface area (Å²) in [4.78, 5) is 12.2. The Kier molecular flexibility index (Phi) is 23.6. The molecule has 0 radical (unpaired) electrons. The molecule has 0 rings (SSSR count). The predicted octanol–water partition coefficient (Wildman–Crippen LogP) is 6.14. The van der Waals surface area contributed by atoms with Crippen molar-refractivity contribution in [1.82, 2.24) is 5.32 Å². The van der Waals surface area contributed by atoms with Crippen LogP contribution in [0.25, 0.3) is 0 Å². The van der Waals surface area contributed by atoms with Crippen LogP contribution in [0.4, 0.5) is 0 Å². The van der Waals surface area contributed by atoms with E-state index in [1.54, 1.807) is 6.08 Å². The van der Waals surface area contributed by atoms with Gasteiger partial charge in [0.1, 0.15) is 0 Å². The molecule has 4 N–H and O–H groups in total. The molecule has 0 saturated carbocycles. The van der Waals surface area contributed by atoms with Gasteiger partial charge >= 0.3 is 0 Å². The van der Waals surface area contributed by atoms with E-state index in [2.05, 4.69) is 43.5 Å². The molecule has 0 aliphatic rings. The Morgan fingerprint density at radius 1 is 0.735 bits per heavy atom. The van der Waals surface area contributed by atoms with Crippen LogP contribution >= 0.6 is 0 Å². The number of unbranched alkanes of at least 4 members (excludes halogenated alkanes) is 10. The number of aliphatic hydroxyl groups is 3. The molecule has 0 aromatic carbocycles. The number of rotatable bonds is 23. The van der Waals surface area contributed by atoms with Gasteiger partial charge in [-0.25, -0.2) is 0 Å². The minimum absolute atomic E-state index is 0.00135. The van der Waals surface area contributed by atoms with Gasteiger partial charge in [-0.3, -0.25) is 4.79 Å². The molecule has 0 saturated heterocycles. The predicted molar refractivity (Wildman–Crippen MR) is 144 cm³/mol. The molecule has 1 amide bonds. The van der Waals surface area contributed by atoms with Crippen molar-refractivity contribution in [2.24, 2.45) is 0 Å². The van der Waals surface area contributed by atoms with Gasteiger partial charge in [-0.05, 0) is 38.5 Å². The van der Waals surface area contributed by atoms with Crippen molar-refractivity contribution in [2.45, 2.75) is 135 Å². The summed E-state index contributed by atoms with van der Waals surface area (Å²) in [5, 5.41) is 32.6. The normalized spacial score (nSPS) is 14.9. The quantitative estimate of drug-likeness (QED) is 0.105. The second-order valence-corrected chi connectivity index (χ2v) is 9.28. The number of aliphatic hydroxyl groups excluding tert-OH is 3. The zero-order valence-electron chi connectivity index (χ0n) is 22.0. The molecule has 0 aliphatic heterocycles. The van der Waals surface area contributed by atoms with Crippen molar-refractivity contribution in [1.29, 1.82) is 0 Å². The van der Waals surface area contributed by atoms with E-state index in [-0.39, 0.29) is 18.9 Å². The minimum Gasteiger partial charge on any atom is -0.394 e. The first-order valence-corrected chi connectivity index (χ1v) is 13.8. The van der Waals surface area contributed by atoms with E-state index < -0.39 is 18.2 Å². The smallest absolute Gasteiger partial charge is 0.222 e. The Bertz CT molecular complexity index is 544. The Labute approximate surface area is 209 Å². The van der Waals surface area contributed by atoms with Crippen LogP contribution in [-0.2, 0) is 4.79 Å². The van der Waals surface area contributed by atoms with E-state index in [0.717, 1.165) is 38.5 Å². The van der Waals surface area contributed by atoms with Crippen LogP contribution in [0.15, 0.2) is 36.5 Å². The van der Waals surface area contributed by atoms with Crippen LogP contribution in [0.3, 0.4) is 0 Å². The highest BCUT2D eigenvalue weighted by atomic mass is 16.3. The first-order chi connectivity index (χ1) is 16.5. The first kappa shape index (κ1) is 32.6. The molecular weight excluding hydrogens is 426 g/mol. The monoisotopic (exact) mass is 479 g/mol. The molecule has 0 fully saturated rings. The summed E-state index contributed by atoms with van der Waals surface area (Å²) in [6.45, 7) is 4.05. The molecule has 0 aromatic rings. The van der Waals surface area contributed by atoms with E-state index in [4.69, 9.17) is 0 Å². The molecule has 198 valence electrons. The second-order valence-electron chi connectivity index (χ2n) is 9.28. The summed E-state index contributed by atoms with van der Waals surface area (Å²) in [6, 6.07) is -0.760. The molecule has 3 unspecified atom stereocenters. The van der Waals surface area contributed by atoms with E-state index in [1.165, 1.54) is 51.4 Å².